The molecule has 140 valence electrons. The molecule has 26 heavy (non-hydrogen) atoms. The first-order chi connectivity index (χ1) is 12.4. The van der Waals surface area contributed by atoms with Gasteiger partial charge in [-0.25, -0.2) is 0 Å². The molecule has 2 aromatic rings. The lowest BCUT2D eigenvalue weighted by molar-refractivity contribution is -0.147. The molecule has 0 radical (unpaired) electrons. The standard InChI is InChI=1S/C21H26ClNO2S/c1-21(2,20(24)25)11-5-7-15(14-6-3-4-8-17(14)22)19-16-10-13-26-18(16)9-12-23-19/h3-4,6,8,10,13,15,19,23H,5,7,9,11-12H2,1-2H3,(H,24,25). The largest absolute Gasteiger partial charge is 0.481 e. The first-order valence-corrected chi connectivity index (χ1v) is 10.4. The maximum atomic E-state index is 11.4. The second-order valence-corrected chi connectivity index (χ2v) is 9.10. The van der Waals surface area contributed by atoms with Gasteiger partial charge in [0.15, 0.2) is 0 Å². The van der Waals surface area contributed by atoms with Crippen molar-refractivity contribution in [1.29, 1.82) is 0 Å². The van der Waals surface area contributed by atoms with Crippen LogP contribution in [0.3, 0.4) is 0 Å². The predicted octanol–water partition coefficient (Wildman–Crippen LogP) is 5.65. The molecular formula is C21H26ClNO2S. The first kappa shape index (κ1) is 19.4. The predicted molar refractivity (Wildman–Crippen MR) is 108 cm³/mol. The molecule has 3 nitrogen and oxygen atoms in total. The zero-order chi connectivity index (χ0) is 18.7. The van der Waals surface area contributed by atoms with Crippen molar-refractivity contribution in [3.8, 4) is 0 Å². The van der Waals surface area contributed by atoms with Crippen LogP contribution >= 0.6 is 22.9 Å². The van der Waals surface area contributed by atoms with Crippen LogP contribution in [0.1, 0.15) is 61.1 Å². The topological polar surface area (TPSA) is 49.3 Å². The van der Waals surface area contributed by atoms with Crippen molar-refractivity contribution < 1.29 is 9.90 Å². The summed E-state index contributed by atoms with van der Waals surface area (Å²) in [7, 11) is 0. The summed E-state index contributed by atoms with van der Waals surface area (Å²) in [6, 6.07) is 10.5. The second kappa shape index (κ2) is 8.12. The quantitative estimate of drug-likeness (QED) is 0.640. The summed E-state index contributed by atoms with van der Waals surface area (Å²) < 4.78 is 0. The van der Waals surface area contributed by atoms with Gasteiger partial charge in [-0.1, -0.05) is 36.2 Å². The molecule has 2 N–H and O–H groups in total. The summed E-state index contributed by atoms with van der Waals surface area (Å²) >= 11 is 8.37. The molecule has 1 aliphatic rings. The highest BCUT2D eigenvalue weighted by Gasteiger charge is 2.32. The van der Waals surface area contributed by atoms with Crippen LogP contribution in [0.15, 0.2) is 35.7 Å². The van der Waals surface area contributed by atoms with Crippen molar-refractivity contribution in [2.45, 2.75) is 51.5 Å². The van der Waals surface area contributed by atoms with E-state index in [0.717, 1.165) is 36.4 Å². The van der Waals surface area contributed by atoms with Crippen LogP contribution in [0.5, 0.6) is 0 Å². The number of hydrogen-bond donors (Lipinski definition) is 2. The van der Waals surface area contributed by atoms with Gasteiger partial charge in [-0.3, -0.25) is 4.79 Å². The summed E-state index contributed by atoms with van der Waals surface area (Å²) in [5.74, 6) is -0.496. The van der Waals surface area contributed by atoms with Crippen molar-refractivity contribution in [2.75, 3.05) is 6.54 Å². The molecule has 2 atom stereocenters. The Bertz CT molecular complexity index is 771. The number of fused-ring (bicyclic) bond motifs is 1. The minimum Gasteiger partial charge on any atom is -0.481 e. The van der Waals surface area contributed by atoms with Crippen LogP contribution < -0.4 is 5.32 Å². The summed E-state index contributed by atoms with van der Waals surface area (Å²) in [5.41, 5.74) is 1.83. The van der Waals surface area contributed by atoms with Crippen LogP contribution in [0.4, 0.5) is 0 Å². The van der Waals surface area contributed by atoms with E-state index in [9.17, 15) is 9.90 Å². The van der Waals surface area contributed by atoms with E-state index in [2.05, 4.69) is 22.8 Å². The Morgan fingerprint density at radius 1 is 1.38 bits per heavy atom. The fraction of sp³-hybridized carbons (Fsp3) is 0.476. The van der Waals surface area contributed by atoms with Gasteiger partial charge in [0, 0.05) is 28.4 Å². The third-order valence-electron chi connectivity index (χ3n) is 5.43. The van der Waals surface area contributed by atoms with Crippen molar-refractivity contribution in [3.05, 3.63) is 56.7 Å². The lowest BCUT2D eigenvalue weighted by atomic mass is 9.79. The third-order valence-corrected chi connectivity index (χ3v) is 6.77. The van der Waals surface area contributed by atoms with E-state index < -0.39 is 11.4 Å². The maximum Gasteiger partial charge on any atom is 0.309 e. The average molecular weight is 392 g/mol. The highest BCUT2D eigenvalue weighted by atomic mass is 35.5. The van der Waals surface area contributed by atoms with Gasteiger partial charge in [-0.2, -0.15) is 0 Å². The van der Waals surface area contributed by atoms with Gasteiger partial charge in [0.25, 0.3) is 0 Å². The molecule has 0 fully saturated rings. The summed E-state index contributed by atoms with van der Waals surface area (Å²) in [6.45, 7) is 4.57. The molecule has 0 spiro atoms. The van der Waals surface area contributed by atoms with Gasteiger partial charge in [0.1, 0.15) is 0 Å². The van der Waals surface area contributed by atoms with E-state index in [1.165, 1.54) is 10.4 Å². The number of halogens is 1. The van der Waals surface area contributed by atoms with E-state index in [4.69, 9.17) is 11.6 Å². The number of rotatable bonds is 7. The Labute approximate surface area is 164 Å². The molecule has 0 saturated carbocycles. The lowest BCUT2D eigenvalue weighted by Gasteiger charge is -2.33. The van der Waals surface area contributed by atoms with Crippen LogP contribution in [-0.4, -0.2) is 17.6 Å². The SMILES string of the molecule is CC(C)(CCCC(c1ccccc1Cl)C1NCCc2sccc21)C(=O)O. The monoisotopic (exact) mass is 391 g/mol. The van der Waals surface area contributed by atoms with Crippen molar-refractivity contribution in [3.63, 3.8) is 0 Å². The Morgan fingerprint density at radius 3 is 2.88 bits per heavy atom. The van der Waals surface area contributed by atoms with Crippen LogP contribution in [0.25, 0.3) is 0 Å². The molecule has 0 saturated heterocycles. The fourth-order valence-electron chi connectivity index (χ4n) is 3.79. The lowest BCUT2D eigenvalue weighted by Crippen LogP contribution is -2.33. The molecule has 2 heterocycles. The summed E-state index contributed by atoms with van der Waals surface area (Å²) in [6.07, 6.45) is 3.50. The van der Waals surface area contributed by atoms with Crippen molar-refractivity contribution in [1.82, 2.24) is 5.32 Å². The van der Waals surface area contributed by atoms with Gasteiger partial charge in [0.05, 0.1) is 5.41 Å². The summed E-state index contributed by atoms with van der Waals surface area (Å²) in [5, 5.41) is 16.0. The molecule has 0 amide bonds. The number of benzene rings is 1. The summed E-state index contributed by atoms with van der Waals surface area (Å²) in [4.78, 5) is 12.9. The molecule has 3 rings (SSSR count). The smallest absolute Gasteiger partial charge is 0.309 e. The van der Waals surface area contributed by atoms with Crippen LogP contribution in [0.2, 0.25) is 5.02 Å². The van der Waals surface area contributed by atoms with Crippen LogP contribution in [0, 0.1) is 5.41 Å². The number of carbonyl (C=O) groups is 1. The second-order valence-electron chi connectivity index (χ2n) is 7.69. The van der Waals surface area contributed by atoms with Crippen molar-refractivity contribution in [2.24, 2.45) is 5.41 Å². The van der Waals surface area contributed by atoms with Crippen LogP contribution in [-0.2, 0) is 11.2 Å². The first-order valence-electron chi connectivity index (χ1n) is 9.17. The highest BCUT2D eigenvalue weighted by molar-refractivity contribution is 7.10. The Hall–Kier alpha value is -1.36. The maximum absolute atomic E-state index is 11.4. The van der Waals surface area contributed by atoms with Gasteiger partial charge < -0.3 is 10.4 Å². The molecule has 1 aliphatic heterocycles. The Morgan fingerprint density at radius 2 is 2.15 bits per heavy atom. The number of aliphatic carboxylic acids is 1. The fourth-order valence-corrected chi connectivity index (χ4v) is 5.00. The minimum absolute atomic E-state index is 0.234. The number of hydrogen-bond acceptors (Lipinski definition) is 3. The molecule has 1 aromatic heterocycles. The Kier molecular flexibility index (Phi) is 6.06. The van der Waals surface area contributed by atoms with Gasteiger partial charge in [-0.15, -0.1) is 11.3 Å². The van der Waals surface area contributed by atoms with Gasteiger partial charge in [-0.05, 0) is 61.7 Å². The molecular weight excluding hydrogens is 366 g/mol. The number of carboxylic acids is 1. The van der Waals surface area contributed by atoms with E-state index in [1.54, 1.807) is 13.8 Å². The molecule has 2 unspecified atom stereocenters. The number of thiophene rings is 1. The normalized spacial score (nSPS) is 18.3. The van der Waals surface area contributed by atoms with E-state index in [-0.39, 0.29) is 12.0 Å². The van der Waals surface area contributed by atoms with E-state index >= 15 is 0 Å². The Balaban J connectivity index is 1.85. The molecule has 1 aromatic carbocycles. The third kappa shape index (κ3) is 4.13. The zero-order valence-corrected chi connectivity index (χ0v) is 16.9. The van der Waals surface area contributed by atoms with E-state index in [1.807, 2.05) is 29.5 Å². The molecule has 5 heteroatoms. The number of carboxylic acid groups (broad SMARTS) is 1. The van der Waals surface area contributed by atoms with Gasteiger partial charge >= 0.3 is 5.97 Å². The van der Waals surface area contributed by atoms with Gasteiger partial charge in [0.2, 0.25) is 0 Å². The number of nitrogens with one attached hydrogen (secondary N) is 1. The minimum atomic E-state index is -0.734. The average Bonchev–Trinajstić information content (AvgIpc) is 3.08. The van der Waals surface area contributed by atoms with Crippen molar-refractivity contribution >= 4 is 28.9 Å². The van der Waals surface area contributed by atoms with E-state index in [0.29, 0.717) is 6.42 Å². The highest BCUT2D eigenvalue weighted by Crippen LogP contribution is 2.42. The molecule has 0 aliphatic carbocycles. The zero-order valence-electron chi connectivity index (χ0n) is 15.3. The molecule has 0 bridgehead atoms.